The topological polar surface area (TPSA) is 92.0 Å². The van der Waals surface area contributed by atoms with Gasteiger partial charge in [-0.25, -0.2) is 19.9 Å². The molecule has 2 aromatic carbocycles. The molecule has 0 amide bonds. The summed E-state index contributed by atoms with van der Waals surface area (Å²) >= 11 is 65.6. The molecule has 0 atom stereocenters. The van der Waals surface area contributed by atoms with E-state index in [1.807, 2.05) is 0 Å². The van der Waals surface area contributed by atoms with E-state index in [2.05, 4.69) is 67.2 Å². The molecule has 42 heavy (non-hydrogen) atoms. The van der Waals surface area contributed by atoms with Crippen LogP contribution in [0, 0.1) is 0 Å². The third kappa shape index (κ3) is 13.6. The van der Waals surface area contributed by atoms with Gasteiger partial charge in [0, 0.05) is 21.2 Å². The Bertz CT molecular complexity index is 1490. The van der Waals surface area contributed by atoms with Crippen LogP contribution in [0.25, 0.3) is 22.5 Å². The second kappa shape index (κ2) is 20.8. The third-order valence-corrected chi connectivity index (χ3v) is 6.54. The van der Waals surface area contributed by atoms with E-state index in [0.29, 0.717) is 32.4 Å². The van der Waals surface area contributed by atoms with Gasteiger partial charge in [-0.1, -0.05) is 75.7 Å². The van der Waals surface area contributed by atoms with Gasteiger partial charge in [0.1, 0.15) is 15.8 Å². The number of alkyl halides is 2. The van der Waals surface area contributed by atoms with Gasteiger partial charge in [-0.05, 0) is 59.1 Å². The molecule has 20 heteroatoms. The Balaban J connectivity index is 0.000000345. The Morgan fingerprint density at radius 2 is 1.02 bits per heavy atom. The van der Waals surface area contributed by atoms with Crippen molar-refractivity contribution in [2.24, 2.45) is 0 Å². The maximum absolute atomic E-state index is 9.73. The number of halogens is 13. The van der Waals surface area contributed by atoms with Crippen LogP contribution in [0.5, 0.6) is 5.75 Å². The third-order valence-electron chi connectivity index (χ3n) is 4.28. The van der Waals surface area contributed by atoms with E-state index in [-0.39, 0.29) is 57.5 Å². The molecular formula is C22H12BBr3Cl10N4O2. The van der Waals surface area contributed by atoms with E-state index in [0.717, 1.165) is 0 Å². The number of aromatic nitrogens is 4. The Morgan fingerprint density at radius 1 is 0.643 bits per heavy atom. The quantitative estimate of drug-likeness (QED) is 0.0920. The van der Waals surface area contributed by atoms with Crippen LogP contribution in [0.3, 0.4) is 0 Å². The molecule has 0 saturated heterocycles. The van der Waals surface area contributed by atoms with Gasteiger partial charge in [-0.15, -0.1) is 70.5 Å². The normalized spacial score (nSPS) is 9.95. The molecular weight excluding hydrogens is 957 g/mol. The number of aliphatic hydroxyl groups is 1. The van der Waals surface area contributed by atoms with Gasteiger partial charge < -0.3 is 10.2 Å². The van der Waals surface area contributed by atoms with Crippen molar-refractivity contribution in [3.63, 3.8) is 0 Å². The number of phenols is 1. The minimum atomic E-state index is -0.178. The van der Waals surface area contributed by atoms with Gasteiger partial charge in [0.25, 0.3) is 0 Å². The van der Waals surface area contributed by atoms with Gasteiger partial charge in [-0.2, -0.15) is 0 Å². The Labute approximate surface area is 316 Å². The van der Waals surface area contributed by atoms with Crippen LogP contribution < -0.4 is 0 Å². The molecule has 0 aliphatic rings. The fraction of sp³-hybridized carbons (Fsp3) is 0.0909. The summed E-state index contributed by atoms with van der Waals surface area (Å²) in [5, 5.41) is 20.4. The molecule has 4 rings (SSSR count). The summed E-state index contributed by atoms with van der Waals surface area (Å²) in [6, 6.07) is 9.45. The first-order chi connectivity index (χ1) is 19.7. The van der Waals surface area contributed by atoms with E-state index in [1.165, 1.54) is 12.1 Å². The number of hydrogen-bond donors (Lipinski definition) is 2. The lowest BCUT2D eigenvalue weighted by molar-refractivity contribution is 0.282. The molecule has 0 saturated carbocycles. The summed E-state index contributed by atoms with van der Waals surface area (Å²) in [5.74, 6) is -0.0258. The summed E-state index contributed by atoms with van der Waals surface area (Å²) < 4.78 is 0.271. The largest absolute Gasteiger partial charge is 0.507 e. The van der Waals surface area contributed by atoms with Crippen molar-refractivity contribution in [3.8, 4) is 28.3 Å². The summed E-state index contributed by atoms with van der Waals surface area (Å²) in [7, 11) is 0. The zero-order chi connectivity index (χ0) is 32.1. The Hall–Kier alpha value is 0.765. The number of aliphatic hydroxyl groups excluding tert-OH is 1. The molecule has 0 radical (unpaired) electrons. The Kier molecular flexibility index (Phi) is 20.2. The monoisotopic (exact) mass is 962 g/mol. The van der Waals surface area contributed by atoms with Crippen LogP contribution in [0.4, 0.5) is 0 Å². The molecule has 0 fully saturated rings. The van der Waals surface area contributed by atoms with Crippen LogP contribution >= 0.6 is 163 Å². The minimum Gasteiger partial charge on any atom is -0.507 e. The second-order valence-corrected chi connectivity index (χ2v) is 17.1. The van der Waals surface area contributed by atoms with Crippen LogP contribution in [0.15, 0.2) is 36.4 Å². The Morgan fingerprint density at radius 3 is 1.45 bits per heavy atom. The van der Waals surface area contributed by atoms with E-state index < -0.39 is 0 Å². The molecule has 4 aromatic rings. The average molecular weight is 969 g/mol. The van der Waals surface area contributed by atoms with E-state index in [4.69, 9.17) is 116 Å². The first kappa shape index (κ1) is 40.8. The van der Waals surface area contributed by atoms with Gasteiger partial charge in [0.15, 0.2) is 10.3 Å². The number of benzene rings is 2. The molecule has 2 heterocycles. The summed E-state index contributed by atoms with van der Waals surface area (Å²) in [4.78, 5) is 15.4. The van der Waals surface area contributed by atoms with Gasteiger partial charge in [0.05, 0.1) is 23.3 Å². The van der Waals surface area contributed by atoms with Crippen LogP contribution in [-0.2, 0) is 6.61 Å². The minimum absolute atomic E-state index is 0.0149. The molecule has 0 spiro atoms. The summed E-state index contributed by atoms with van der Waals surface area (Å²) in [5.41, 5.74) is 2.10. The predicted octanol–water partition coefficient (Wildman–Crippen LogP) is 12.3. The van der Waals surface area contributed by atoms with Crippen molar-refractivity contribution < 1.29 is 10.2 Å². The van der Waals surface area contributed by atoms with Crippen molar-refractivity contribution in [2.75, 3.05) is 5.34 Å². The predicted molar refractivity (Wildman–Crippen MR) is 192 cm³/mol. The van der Waals surface area contributed by atoms with Crippen LogP contribution in [0.1, 0.15) is 5.56 Å². The molecule has 0 unspecified atom stereocenters. The smallest absolute Gasteiger partial charge is 0.369 e. The van der Waals surface area contributed by atoms with Crippen molar-refractivity contribution in [2.45, 2.75) is 6.61 Å². The molecule has 2 aromatic heterocycles. The fourth-order valence-corrected chi connectivity index (χ4v) is 4.23. The van der Waals surface area contributed by atoms with E-state index in [1.54, 1.807) is 24.3 Å². The van der Waals surface area contributed by atoms with Crippen molar-refractivity contribution >= 4 is 166 Å². The second-order valence-electron chi connectivity index (χ2n) is 6.86. The van der Waals surface area contributed by atoms with Crippen molar-refractivity contribution in [3.05, 3.63) is 82.9 Å². The average Bonchev–Trinajstić information content (AvgIpc) is 2.90. The highest BCUT2D eigenvalue weighted by atomic mass is 79.9. The number of aromatic hydroxyl groups is 1. The lowest BCUT2D eigenvalue weighted by atomic mass is 10.1. The standard InChI is InChI=1S/C11H6Cl4N2O.C10H4Cl4N2O.CH2Cl2.BBr3/c12-6-2-1-5(4-18)7(3-6)9-8(13)10(14)17-11(15)16-9;11-4-1-2-6(17)5(3-4)8-7(12)9(13)16-10(14)15-8;2-1-3;2-1(3)4/h1-3,18H,4H2;1-3,17H;1H2;. The zero-order valence-corrected chi connectivity index (χ0v) is 32.4. The number of hydrogen-bond acceptors (Lipinski definition) is 6. The van der Waals surface area contributed by atoms with Crippen molar-refractivity contribution in [1.29, 1.82) is 0 Å². The molecule has 0 aliphatic heterocycles. The number of rotatable bonds is 3. The van der Waals surface area contributed by atoms with Crippen LogP contribution in [0.2, 0.25) is 41.0 Å². The fourth-order valence-electron chi connectivity index (χ4n) is 2.75. The van der Waals surface area contributed by atoms with Gasteiger partial charge in [0.2, 0.25) is 10.6 Å². The summed E-state index contributed by atoms with van der Waals surface area (Å²) in [6.07, 6.45) is 0. The van der Waals surface area contributed by atoms with E-state index in [9.17, 15) is 10.2 Å². The first-order valence-electron chi connectivity index (χ1n) is 10.4. The summed E-state index contributed by atoms with van der Waals surface area (Å²) in [6.45, 7) is -0.178. The van der Waals surface area contributed by atoms with Crippen molar-refractivity contribution in [1.82, 2.24) is 19.9 Å². The van der Waals surface area contributed by atoms with Gasteiger partial charge in [-0.3, -0.25) is 0 Å². The highest BCUT2D eigenvalue weighted by molar-refractivity contribution is 9.69. The maximum Gasteiger partial charge on any atom is 0.369 e. The molecule has 2 N–H and O–H groups in total. The molecule has 0 aliphatic carbocycles. The first-order valence-corrected chi connectivity index (χ1v) is 17.2. The highest BCUT2D eigenvalue weighted by Gasteiger charge is 2.17. The molecule has 226 valence electrons. The lowest BCUT2D eigenvalue weighted by Gasteiger charge is -2.10. The number of nitrogens with zero attached hydrogens (tertiary/aromatic N) is 4. The SMILES string of the molecule is BrB(Br)Br.ClCCl.OCc1ccc(Cl)cc1-c1nc(Cl)nc(Cl)c1Cl.Oc1ccc(Cl)cc1-c1nc(Cl)nc(Cl)c1Cl. The molecule has 0 bridgehead atoms. The maximum atomic E-state index is 9.73. The van der Waals surface area contributed by atoms with E-state index >= 15 is 0 Å². The zero-order valence-electron chi connectivity index (χ0n) is 20.1. The van der Waals surface area contributed by atoms with Crippen LogP contribution in [-0.4, -0.2) is 38.7 Å². The number of phenolic OH excluding ortho intramolecular Hbond substituents is 1. The highest BCUT2D eigenvalue weighted by Crippen LogP contribution is 2.38. The molecule has 6 nitrogen and oxygen atoms in total. The van der Waals surface area contributed by atoms with Gasteiger partial charge >= 0.3 is 3.18 Å². The lowest BCUT2D eigenvalue weighted by Crippen LogP contribution is -1.95.